The predicted octanol–water partition coefficient (Wildman–Crippen LogP) is 4.46. The largest absolute Gasteiger partial charge is 0.326 e. The Labute approximate surface area is 138 Å². The van der Waals surface area contributed by atoms with Crippen molar-refractivity contribution in [2.24, 2.45) is 5.73 Å². The smallest absolute Gasteiger partial charge is 0.159 e. The molecule has 2 N–H and O–H groups in total. The Balaban J connectivity index is 2.14. The number of fused-ring (bicyclic) bond motifs is 1. The average Bonchev–Trinajstić information content (AvgIpc) is 2.55. The van der Waals surface area contributed by atoms with Crippen LogP contribution >= 0.6 is 0 Å². The topological polar surface area (TPSA) is 43.1 Å². The quantitative estimate of drug-likeness (QED) is 0.851. The van der Waals surface area contributed by atoms with Gasteiger partial charge >= 0.3 is 0 Å². The minimum absolute atomic E-state index is 0.0886. The van der Waals surface area contributed by atoms with Crippen LogP contribution in [-0.2, 0) is 12.0 Å². The summed E-state index contributed by atoms with van der Waals surface area (Å²) in [6, 6.07) is 14.5. The molecule has 1 aliphatic carbocycles. The van der Waals surface area contributed by atoms with Crippen LogP contribution in [0.15, 0.2) is 48.5 Å². The van der Waals surface area contributed by atoms with Gasteiger partial charge in [-0.2, -0.15) is 0 Å². The van der Waals surface area contributed by atoms with Gasteiger partial charge in [-0.3, -0.25) is 4.79 Å². The predicted molar refractivity (Wildman–Crippen MR) is 95.5 cm³/mol. The van der Waals surface area contributed by atoms with Crippen LogP contribution < -0.4 is 5.73 Å². The second-order valence-electron chi connectivity index (χ2n) is 6.92. The Hall–Kier alpha value is -2.19. The lowest BCUT2D eigenvalue weighted by Gasteiger charge is -2.32. The van der Waals surface area contributed by atoms with E-state index in [-0.39, 0.29) is 11.2 Å². The van der Waals surface area contributed by atoms with Crippen molar-refractivity contribution in [3.63, 3.8) is 0 Å². The first-order valence-electron chi connectivity index (χ1n) is 8.08. The number of allylic oxidation sites excluding steroid dienone is 1. The zero-order valence-electron chi connectivity index (χ0n) is 14.0. The summed E-state index contributed by atoms with van der Waals surface area (Å²) in [5.74, 6) is 0.106. The lowest BCUT2D eigenvalue weighted by molar-refractivity contribution is 0.101. The van der Waals surface area contributed by atoms with Crippen molar-refractivity contribution >= 4 is 11.4 Å². The Morgan fingerprint density at radius 1 is 1.13 bits per heavy atom. The minimum atomic E-state index is 0.0886. The van der Waals surface area contributed by atoms with Crippen LogP contribution in [0, 0.1) is 0 Å². The van der Waals surface area contributed by atoms with Gasteiger partial charge in [-0.05, 0) is 52.7 Å². The molecule has 0 aliphatic heterocycles. The molecule has 0 atom stereocenters. The third-order valence-corrected chi connectivity index (χ3v) is 4.76. The van der Waals surface area contributed by atoms with E-state index in [1.165, 1.54) is 22.3 Å². The van der Waals surface area contributed by atoms with Crippen LogP contribution in [0.25, 0.3) is 5.57 Å². The van der Waals surface area contributed by atoms with Crippen LogP contribution in [0.2, 0.25) is 0 Å². The minimum Gasteiger partial charge on any atom is -0.326 e. The summed E-state index contributed by atoms with van der Waals surface area (Å²) in [5.41, 5.74) is 12.6. The fourth-order valence-electron chi connectivity index (χ4n) is 3.25. The van der Waals surface area contributed by atoms with Crippen molar-refractivity contribution in [1.29, 1.82) is 0 Å². The number of nitrogens with two attached hydrogens (primary N) is 1. The van der Waals surface area contributed by atoms with Crippen LogP contribution in [0.4, 0.5) is 0 Å². The molecule has 118 valence electrons. The van der Waals surface area contributed by atoms with Crippen LogP contribution in [0.5, 0.6) is 0 Å². The summed E-state index contributed by atoms with van der Waals surface area (Å²) in [7, 11) is 0. The van der Waals surface area contributed by atoms with Crippen LogP contribution in [-0.4, -0.2) is 5.78 Å². The molecule has 0 bridgehead atoms. The van der Waals surface area contributed by atoms with Gasteiger partial charge in [0.05, 0.1) is 0 Å². The SMILES string of the molecule is CC(=O)c1ccc2c(c1)C(c1ccc(CN)cc1)=CCC2(C)C. The van der Waals surface area contributed by atoms with E-state index in [1.54, 1.807) is 6.92 Å². The lowest BCUT2D eigenvalue weighted by Crippen LogP contribution is -2.22. The van der Waals surface area contributed by atoms with E-state index in [9.17, 15) is 4.79 Å². The molecule has 0 amide bonds. The van der Waals surface area contributed by atoms with Gasteiger partial charge in [-0.25, -0.2) is 0 Å². The first-order valence-corrected chi connectivity index (χ1v) is 8.08. The molecule has 3 rings (SSSR count). The summed E-state index contributed by atoms with van der Waals surface area (Å²) in [6.45, 7) is 6.68. The molecule has 0 fully saturated rings. The van der Waals surface area contributed by atoms with Gasteiger partial charge in [0, 0.05) is 12.1 Å². The molecule has 1 aliphatic rings. The molecule has 2 aromatic carbocycles. The van der Waals surface area contributed by atoms with Crippen molar-refractivity contribution in [2.75, 3.05) is 0 Å². The van der Waals surface area contributed by atoms with Crippen molar-refractivity contribution in [2.45, 2.75) is 39.2 Å². The number of Topliss-reactive ketones (excluding diaryl/α,β-unsaturated/α-hetero) is 1. The molecule has 2 nitrogen and oxygen atoms in total. The molecule has 0 saturated carbocycles. The van der Waals surface area contributed by atoms with E-state index in [4.69, 9.17) is 5.73 Å². The maximum atomic E-state index is 11.8. The van der Waals surface area contributed by atoms with Gasteiger partial charge < -0.3 is 5.73 Å². The Morgan fingerprint density at radius 2 is 1.83 bits per heavy atom. The second kappa shape index (κ2) is 5.78. The first kappa shape index (κ1) is 15.7. The number of ketones is 1. The molecule has 2 aromatic rings. The molecule has 23 heavy (non-hydrogen) atoms. The van der Waals surface area contributed by atoms with Crippen molar-refractivity contribution in [3.8, 4) is 0 Å². The number of carbonyl (C=O) groups is 1. The summed E-state index contributed by atoms with van der Waals surface area (Å²) in [4.78, 5) is 11.8. The van der Waals surface area contributed by atoms with Crippen LogP contribution in [0.1, 0.15) is 59.8 Å². The van der Waals surface area contributed by atoms with Crippen molar-refractivity contribution < 1.29 is 4.79 Å². The van der Waals surface area contributed by atoms with E-state index in [2.05, 4.69) is 50.3 Å². The highest BCUT2D eigenvalue weighted by Gasteiger charge is 2.28. The van der Waals surface area contributed by atoms with E-state index in [0.717, 1.165) is 17.5 Å². The molecule has 0 heterocycles. The number of rotatable bonds is 3. The number of hydrogen-bond donors (Lipinski definition) is 1. The molecule has 0 aromatic heterocycles. The molecule has 0 spiro atoms. The monoisotopic (exact) mass is 305 g/mol. The summed E-state index contributed by atoms with van der Waals surface area (Å²) in [5, 5.41) is 0. The van der Waals surface area contributed by atoms with Crippen molar-refractivity contribution in [1.82, 2.24) is 0 Å². The van der Waals surface area contributed by atoms with E-state index >= 15 is 0 Å². The molecule has 0 unspecified atom stereocenters. The van der Waals surface area contributed by atoms with E-state index in [0.29, 0.717) is 6.54 Å². The third-order valence-electron chi connectivity index (χ3n) is 4.76. The van der Waals surface area contributed by atoms with E-state index < -0.39 is 0 Å². The average molecular weight is 305 g/mol. The number of benzene rings is 2. The fraction of sp³-hybridized carbons (Fsp3) is 0.286. The molecular weight excluding hydrogens is 282 g/mol. The Morgan fingerprint density at radius 3 is 2.43 bits per heavy atom. The maximum Gasteiger partial charge on any atom is 0.159 e. The zero-order valence-corrected chi connectivity index (χ0v) is 14.0. The molecular formula is C21H23NO. The lowest BCUT2D eigenvalue weighted by atomic mass is 9.71. The third kappa shape index (κ3) is 2.87. The van der Waals surface area contributed by atoms with Gasteiger partial charge in [-0.15, -0.1) is 0 Å². The number of hydrogen-bond acceptors (Lipinski definition) is 2. The molecule has 0 saturated heterocycles. The van der Waals surface area contributed by atoms with Crippen LogP contribution in [0.3, 0.4) is 0 Å². The second-order valence-corrected chi connectivity index (χ2v) is 6.92. The highest BCUT2D eigenvalue weighted by Crippen LogP contribution is 2.41. The molecule has 0 radical (unpaired) electrons. The Kier molecular flexibility index (Phi) is 3.95. The maximum absolute atomic E-state index is 11.8. The normalized spacial score (nSPS) is 15.7. The van der Waals surface area contributed by atoms with Gasteiger partial charge in [0.15, 0.2) is 5.78 Å². The highest BCUT2D eigenvalue weighted by atomic mass is 16.1. The Bertz CT molecular complexity index is 782. The highest BCUT2D eigenvalue weighted by molar-refractivity contribution is 5.96. The van der Waals surface area contributed by atoms with Gasteiger partial charge in [0.1, 0.15) is 0 Å². The summed E-state index contributed by atoms with van der Waals surface area (Å²) in [6.07, 6.45) is 3.29. The first-order chi connectivity index (χ1) is 10.9. The van der Waals surface area contributed by atoms with Gasteiger partial charge in [-0.1, -0.05) is 56.3 Å². The molecule has 2 heteroatoms. The zero-order chi connectivity index (χ0) is 16.6. The summed E-state index contributed by atoms with van der Waals surface area (Å²) >= 11 is 0. The number of carbonyl (C=O) groups excluding carboxylic acids is 1. The van der Waals surface area contributed by atoms with Crippen molar-refractivity contribution in [3.05, 3.63) is 76.4 Å². The van der Waals surface area contributed by atoms with E-state index in [1.807, 2.05) is 12.1 Å². The van der Waals surface area contributed by atoms with Gasteiger partial charge in [0.2, 0.25) is 0 Å². The van der Waals surface area contributed by atoms with Gasteiger partial charge in [0.25, 0.3) is 0 Å². The fourth-order valence-corrected chi connectivity index (χ4v) is 3.25. The summed E-state index contributed by atoms with van der Waals surface area (Å²) < 4.78 is 0. The standard InChI is InChI=1S/C21H23NO/c1-14(23)17-8-9-20-19(12-17)18(10-11-21(20,2)3)16-6-4-15(13-22)5-7-16/h4-10,12H,11,13,22H2,1-3H3.